The maximum Gasteiger partial charge on any atom is 0.250 e. The first-order valence-electron chi connectivity index (χ1n) is 3.31. The van der Waals surface area contributed by atoms with Crippen LogP contribution in [0.15, 0.2) is 11.8 Å². The second-order valence-electron chi connectivity index (χ2n) is 1.88. The van der Waals surface area contributed by atoms with Gasteiger partial charge in [-0.3, -0.25) is 4.79 Å². The van der Waals surface area contributed by atoms with Crippen LogP contribution in [-0.2, 0) is 14.3 Å². The Hall–Kier alpha value is -1.03. The molecule has 0 aromatic carbocycles. The molecule has 0 aliphatic heterocycles. The van der Waals surface area contributed by atoms with Crippen LogP contribution in [0.1, 0.15) is 6.92 Å². The molecule has 1 amide bonds. The Bertz CT molecular complexity index is 154. The van der Waals surface area contributed by atoms with Crippen molar-refractivity contribution in [3.05, 3.63) is 11.8 Å². The molecule has 4 nitrogen and oxygen atoms in total. The number of primary amides is 1. The number of amides is 1. The lowest BCUT2D eigenvalue weighted by atomic mass is 10.3. The van der Waals surface area contributed by atoms with Gasteiger partial charge in [0.2, 0.25) is 5.91 Å². The van der Waals surface area contributed by atoms with Gasteiger partial charge in [-0.15, -0.1) is 0 Å². The summed E-state index contributed by atoms with van der Waals surface area (Å²) in [7, 11) is 1.45. The number of rotatable bonds is 5. The molecule has 0 heterocycles. The molecule has 4 heteroatoms. The number of hydrogen-bond donors (Lipinski definition) is 1. The summed E-state index contributed by atoms with van der Waals surface area (Å²) in [6.07, 6.45) is 1.29. The summed E-state index contributed by atoms with van der Waals surface area (Å²) in [5.74, 6) is -0.514. The second kappa shape index (κ2) is 5.73. The molecule has 64 valence electrons. The van der Waals surface area contributed by atoms with Gasteiger partial charge in [-0.1, -0.05) is 0 Å². The number of methoxy groups -OCH3 is 1. The van der Waals surface area contributed by atoms with E-state index in [9.17, 15) is 4.79 Å². The van der Waals surface area contributed by atoms with Crippen molar-refractivity contribution in [2.45, 2.75) is 6.92 Å². The van der Waals surface area contributed by atoms with Gasteiger partial charge in [0, 0.05) is 6.61 Å². The first-order chi connectivity index (χ1) is 5.22. The number of carbonyl (C=O) groups is 1. The summed E-state index contributed by atoms with van der Waals surface area (Å²) in [5, 5.41) is 0. The van der Waals surface area contributed by atoms with E-state index in [0.717, 1.165) is 0 Å². The lowest BCUT2D eigenvalue weighted by Gasteiger charge is -2.01. The van der Waals surface area contributed by atoms with E-state index in [1.54, 1.807) is 0 Å². The zero-order chi connectivity index (χ0) is 8.69. The van der Waals surface area contributed by atoms with Crippen LogP contribution >= 0.6 is 0 Å². The lowest BCUT2D eigenvalue weighted by Crippen LogP contribution is -2.18. The first-order valence-corrected chi connectivity index (χ1v) is 3.31. The summed E-state index contributed by atoms with van der Waals surface area (Å²) in [4.78, 5) is 10.6. The highest BCUT2D eigenvalue weighted by molar-refractivity contribution is 5.91. The fourth-order valence-electron chi connectivity index (χ4n) is 0.518. The number of hydrogen-bond acceptors (Lipinski definition) is 3. The van der Waals surface area contributed by atoms with Gasteiger partial charge in [-0.2, -0.15) is 0 Å². The van der Waals surface area contributed by atoms with Crippen molar-refractivity contribution in [1.82, 2.24) is 0 Å². The average molecular weight is 159 g/mol. The molecule has 0 radical (unpaired) electrons. The zero-order valence-corrected chi connectivity index (χ0v) is 6.79. The molecule has 0 aliphatic rings. The number of carbonyl (C=O) groups excluding carboxylic acids is 1. The molecule has 0 aromatic heterocycles. The van der Waals surface area contributed by atoms with E-state index in [2.05, 4.69) is 4.74 Å². The standard InChI is InChI=1S/C7H13NO3/c1-3-11-5-6(4-10-2)7(8)9/h4H,3,5H2,1-2H3,(H2,8,9). The predicted octanol–water partition coefficient (Wildman–Crippen LogP) is 0.0385. The first kappa shape index (κ1) is 9.97. The summed E-state index contributed by atoms with van der Waals surface area (Å²) in [6.45, 7) is 2.60. The van der Waals surface area contributed by atoms with Crippen LogP contribution in [0.4, 0.5) is 0 Å². The molecule has 0 unspecified atom stereocenters. The fraction of sp³-hybridized carbons (Fsp3) is 0.571. The second-order valence-corrected chi connectivity index (χ2v) is 1.88. The van der Waals surface area contributed by atoms with Crippen LogP contribution in [-0.4, -0.2) is 26.2 Å². The maximum absolute atomic E-state index is 10.6. The third-order valence-corrected chi connectivity index (χ3v) is 1.04. The van der Waals surface area contributed by atoms with Gasteiger partial charge in [0.05, 0.1) is 25.6 Å². The highest BCUT2D eigenvalue weighted by Crippen LogP contribution is 1.94. The summed E-state index contributed by atoms with van der Waals surface area (Å²) < 4.78 is 9.58. The van der Waals surface area contributed by atoms with Gasteiger partial charge in [0.25, 0.3) is 0 Å². The van der Waals surface area contributed by atoms with Crippen molar-refractivity contribution < 1.29 is 14.3 Å². The minimum absolute atomic E-state index is 0.208. The molecule has 0 atom stereocenters. The molecular weight excluding hydrogens is 146 g/mol. The zero-order valence-electron chi connectivity index (χ0n) is 6.79. The van der Waals surface area contributed by atoms with Gasteiger partial charge in [0.1, 0.15) is 0 Å². The van der Waals surface area contributed by atoms with E-state index in [1.165, 1.54) is 13.4 Å². The Morgan fingerprint density at radius 3 is 2.64 bits per heavy atom. The van der Waals surface area contributed by atoms with E-state index >= 15 is 0 Å². The average Bonchev–Trinajstić information content (AvgIpc) is 1.97. The predicted molar refractivity (Wildman–Crippen MR) is 40.8 cm³/mol. The molecule has 0 fully saturated rings. The molecule has 0 spiro atoms. The van der Waals surface area contributed by atoms with E-state index in [1.807, 2.05) is 6.92 Å². The van der Waals surface area contributed by atoms with E-state index in [0.29, 0.717) is 12.2 Å². The van der Waals surface area contributed by atoms with Crippen LogP contribution in [0.25, 0.3) is 0 Å². The van der Waals surface area contributed by atoms with Gasteiger partial charge >= 0.3 is 0 Å². The van der Waals surface area contributed by atoms with Gasteiger partial charge in [-0.05, 0) is 6.92 Å². The third kappa shape index (κ3) is 4.38. The highest BCUT2D eigenvalue weighted by atomic mass is 16.5. The van der Waals surface area contributed by atoms with Crippen LogP contribution in [0.2, 0.25) is 0 Å². The van der Waals surface area contributed by atoms with Crippen molar-refractivity contribution in [2.24, 2.45) is 5.73 Å². The van der Waals surface area contributed by atoms with Crippen molar-refractivity contribution >= 4 is 5.91 Å². The molecular formula is C7H13NO3. The SMILES string of the molecule is CCOCC(=COC)C(N)=O. The smallest absolute Gasteiger partial charge is 0.250 e. The number of ether oxygens (including phenoxy) is 2. The van der Waals surface area contributed by atoms with Crippen molar-refractivity contribution in [1.29, 1.82) is 0 Å². The monoisotopic (exact) mass is 159 g/mol. The highest BCUT2D eigenvalue weighted by Gasteiger charge is 2.03. The van der Waals surface area contributed by atoms with E-state index < -0.39 is 5.91 Å². The van der Waals surface area contributed by atoms with E-state index in [-0.39, 0.29) is 6.61 Å². The lowest BCUT2D eigenvalue weighted by molar-refractivity contribution is -0.115. The number of nitrogens with two attached hydrogens (primary N) is 1. The Morgan fingerprint density at radius 1 is 1.64 bits per heavy atom. The molecule has 0 rings (SSSR count). The van der Waals surface area contributed by atoms with Gasteiger partial charge < -0.3 is 15.2 Å². The molecule has 0 saturated heterocycles. The molecule has 11 heavy (non-hydrogen) atoms. The normalized spacial score (nSPS) is 11.3. The minimum atomic E-state index is -0.514. The summed E-state index contributed by atoms with van der Waals surface area (Å²) in [6, 6.07) is 0. The Kier molecular flexibility index (Phi) is 5.20. The van der Waals surface area contributed by atoms with Crippen LogP contribution in [0.5, 0.6) is 0 Å². The fourth-order valence-corrected chi connectivity index (χ4v) is 0.518. The maximum atomic E-state index is 10.6. The summed E-state index contributed by atoms with van der Waals surface area (Å²) in [5.41, 5.74) is 5.34. The van der Waals surface area contributed by atoms with Crippen molar-refractivity contribution in [2.75, 3.05) is 20.3 Å². The summed E-state index contributed by atoms with van der Waals surface area (Å²) >= 11 is 0. The molecule has 0 bridgehead atoms. The molecule has 0 aromatic rings. The Morgan fingerprint density at radius 2 is 2.27 bits per heavy atom. The van der Waals surface area contributed by atoms with Crippen LogP contribution in [0.3, 0.4) is 0 Å². The third-order valence-electron chi connectivity index (χ3n) is 1.04. The molecule has 0 saturated carbocycles. The van der Waals surface area contributed by atoms with Crippen molar-refractivity contribution in [3.63, 3.8) is 0 Å². The molecule has 2 N–H and O–H groups in total. The van der Waals surface area contributed by atoms with Gasteiger partial charge in [0.15, 0.2) is 0 Å². The Labute approximate surface area is 66.0 Å². The van der Waals surface area contributed by atoms with Crippen LogP contribution < -0.4 is 5.73 Å². The quantitative estimate of drug-likeness (QED) is 0.455. The van der Waals surface area contributed by atoms with E-state index in [4.69, 9.17) is 10.5 Å². The Balaban J connectivity index is 3.90. The van der Waals surface area contributed by atoms with Gasteiger partial charge in [-0.25, -0.2) is 0 Å². The minimum Gasteiger partial charge on any atom is -0.504 e. The largest absolute Gasteiger partial charge is 0.504 e. The van der Waals surface area contributed by atoms with Crippen molar-refractivity contribution in [3.8, 4) is 0 Å². The molecule has 0 aliphatic carbocycles. The topological polar surface area (TPSA) is 61.6 Å². The van der Waals surface area contributed by atoms with Crippen LogP contribution in [0, 0.1) is 0 Å².